The molecule has 1 aromatic carbocycles. The second kappa shape index (κ2) is 6.63. The van der Waals surface area contributed by atoms with Crippen LogP contribution in [-0.4, -0.2) is 20.8 Å². The molecule has 0 spiro atoms. The standard InChI is InChI=1S/C18H15Cl2N3OS/c1-25-18-21-8-11-16(24)12(15-13(19)6-3-7-14(15)20)9-23(17(11)22-18)10-4-2-5-10/h3,6-10H,2,4-5H2,1H3. The largest absolute Gasteiger partial charge is 0.328 e. The molecule has 0 aliphatic heterocycles. The molecular formula is C18H15Cl2N3OS. The fraction of sp³-hybridized carbons (Fsp3) is 0.278. The van der Waals surface area contributed by atoms with Crippen molar-refractivity contribution in [3.05, 3.63) is 50.9 Å². The average Bonchev–Trinajstić information content (AvgIpc) is 2.56. The van der Waals surface area contributed by atoms with Gasteiger partial charge in [-0.15, -0.1) is 0 Å². The molecule has 2 heterocycles. The summed E-state index contributed by atoms with van der Waals surface area (Å²) >= 11 is 14.2. The second-order valence-corrected chi connectivity index (χ2v) is 7.64. The van der Waals surface area contributed by atoms with Crippen molar-refractivity contribution in [2.45, 2.75) is 30.5 Å². The van der Waals surface area contributed by atoms with Crippen LogP contribution in [0.3, 0.4) is 0 Å². The molecule has 7 heteroatoms. The predicted molar refractivity (Wildman–Crippen MR) is 104 cm³/mol. The Kier molecular flexibility index (Phi) is 4.48. The Labute approximate surface area is 159 Å². The summed E-state index contributed by atoms with van der Waals surface area (Å²) in [5, 5.41) is 2.08. The van der Waals surface area contributed by atoms with Crippen LogP contribution < -0.4 is 5.43 Å². The van der Waals surface area contributed by atoms with Crippen molar-refractivity contribution >= 4 is 46.0 Å². The van der Waals surface area contributed by atoms with Crippen molar-refractivity contribution in [1.29, 1.82) is 0 Å². The molecule has 3 aromatic rings. The number of nitrogens with zero attached hydrogens (tertiary/aromatic N) is 3. The van der Waals surface area contributed by atoms with E-state index in [-0.39, 0.29) is 5.43 Å². The van der Waals surface area contributed by atoms with Gasteiger partial charge in [0.1, 0.15) is 5.65 Å². The van der Waals surface area contributed by atoms with Gasteiger partial charge in [-0.3, -0.25) is 4.79 Å². The molecule has 0 amide bonds. The Hall–Kier alpha value is -1.56. The van der Waals surface area contributed by atoms with E-state index in [1.165, 1.54) is 18.2 Å². The minimum Gasteiger partial charge on any atom is -0.328 e. The van der Waals surface area contributed by atoms with Crippen LogP contribution in [0.1, 0.15) is 25.3 Å². The van der Waals surface area contributed by atoms with Crippen LogP contribution in [0.4, 0.5) is 0 Å². The lowest BCUT2D eigenvalue weighted by Gasteiger charge is -2.30. The molecular weight excluding hydrogens is 377 g/mol. The molecule has 25 heavy (non-hydrogen) atoms. The number of pyridine rings is 1. The SMILES string of the molecule is CSc1ncc2c(=O)c(-c3c(Cl)cccc3Cl)cn(C3CCC3)c2n1. The zero-order valence-electron chi connectivity index (χ0n) is 13.5. The quantitative estimate of drug-likeness (QED) is 0.453. The fourth-order valence-corrected chi connectivity index (χ4v) is 4.03. The molecule has 4 nitrogen and oxygen atoms in total. The molecule has 0 N–H and O–H groups in total. The van der Waals surface area contributed by atoms with E-state index in [2.05, 4.69) is 14.5 Å². The third-order valence-corrected chi connectivity index (χ3v) is 5.82. The van der Waals surface area contributed by atoms with Gasteiger partial charge < -0.3 is 4.57 Å². The molecule has 2 aromatic heterocycles. The van der Waals surface area contributed by atoms with E-state index in [1.54, 1.807) is 24.4 Å². The smallest absolute Gasteiger partial charge is 0.200 e. The third-order valence-electron chi connectivity index (χ3n) is 4.63. The first kappa shape index (κ1) is 16.9. The van der Waals surface area contributed by atoms with Gasteiger partial charge in [0, 0.05) is 29.6 Å². The Morgan fingerprint density at radius 1 is 1.24 bits per heavy atom. The maximum Gasteiger partial charge on any atom is 0.200 e. The van der Waals surface area contributed by atoms with E-state index < -0.39 is 0 Å². The molecule has 0 atom stereocenters. The van der Waals surface area contributed by atoms with Crippen LogP contribution in [0, 0.1) is 0 Å². The van der Waals surface area contributed by atoms with Crippen molar-refractivity contribution in [2.75, 3.05) is 6.26 Å². The first-order chi connectivity index (χ1) is 12.1. The summed E-state index contributed by atoms with van der Waals surface area (Å²) in [5.74, 6) is 0. The number of rotatable bonds is 3. The number of thioether (sulfide) groups is 1. The summed E-state index contributed by atoms with van der Waals surface area (Å²) in [6.07, 6.45) is 8.73. The van der Waals surface area contributed by atoms with Gasteiger partial charge in [0.25, 0.3) is 0 Å². The van der Waals surface area contributed by atoms with Gasteiger partial charge in [-0.05, 0) is 37.7 Å². The van der Waals surface area contributed by atoms with Crippen molar-refractivity contribution in [3.8, 4) is 11.1 Å². The van der Waals surface area contributed by atoms with E-state index in [1.807, 2.05) is 12.5 Å². The Bertz CT molecular complexity index is 1010. The monoisotopic (exact) mass is 391 g/mol. The molecule has 0 unspecified atom stereocenters. The first-order valence-electron chi connectivity index (χ1n) is 8.00. The Balaban J connectivity index is 2.07. The molecule has 4 rings (SSSR count). The van der Waals surface area contributed by atoms with Crippen molar-refractivity contribution in [3.63, 3.8) is 0 Å². The maximum absolute atomic E-state index is 13.1. The molecule has 1 aliphatic rings. The van der Waals surface area contributed by atoms with Gasteiger partial charge in [0.2, 0.25) is 5.43 Å². The van der Waals surface area contributed by atoms with Crippen LogP contribution in [0.2, 0.25) is 10.0 Å². The molecule has 1 saturated carbocycles. The highest BCUT2D eigenvalue weighted by Gasteiger charge is 2.24. The van der Waals surface area contributed by atoms with E-state index in [0.717, 1.165) is 12.8 Å². The lowest BCUT2D eigenvalue weighted by Crippen LogP contribution is -2.22. The number of hydrogen-bond donors (Lipinski definition) is 0. The lowest BCUT2D eigenvalue weighted by molar-refractivity contribution is 0.319. The summed E-state index contributed by atoms with van der Waals surface area (Å²) in [5.41, 5.74) is 1.60. The molecule has 0 radical (unpaired) electrons. The summed E-state index contributed by atoms with van der Waals surface area (Å²) < 4.78 is 2.09. The van der Waals surface area contributed by atoms with Gasteiger partial charge in [-0.2, -0.15) is 0 Å². The Morgan fingerprint density at radius 2 is 1.96 bits per heavy atom. The van der Waals surface area contributed by atoms with Gasteiger partial charge in [-0.25, -0.2) is 9.97 Å². The number of aromatic nitrogens is 3. The molecule has 1 fully saturated rings. The minimum atomic E-state index is -0.145. The van der Waals surface area contributed by atoms with E-state index >= 15 is 0 Å². The summed E-state index contributed by atoms with van der Waals surface area (Å²) in [6.45, 7) is 0. The van der Waals surface area contributed by atoms with E-state index in [9.17, 15) is 4.79 Å². The van der Waals surface area contributed by atoms with Crippen molar-refractivity contribution in [1.82, 2.24) is 14.5 Å². The summed E-state index contributed by atoms with van der Waals surface area (Å²) in [7, 11) is 0. The maximum atomic E-state index is 13.1. The van der Waals surface area contributed by atoms with Gasteiger partial charge in [-0.1, -0.05) is 41.0 Å². The third kappa shape index (κ3) is 2.84. The number of benzene rings is 1. The van der Waals surface area contributed by atoms with Crippen LogP contribution in [0.15, 0.2) is 40.5 Å². The van der Waals surface area contributed by atoms with Crippen molar-refractivity contribution in [2.24, 2.45) is 0 Å². The first-order valence-corrected chi connectivity index (χ1v) is 9.98. The highest BCUT2D eigenvalue weighted by atomic mass is 35.5. The zero-order chi connectivity index (χ0) is 17.6. The predicted octanol–water partition coefficient (Wildman–Crippen LogP) is 5.21. The van der Waals surface area contributed by atoms with Crippen LogP contribution in [0.25, 0.3) is 22.2 Å². The highest BCUT2D eigenvalue weighted by molar-refractivity contribution is 7.98. The summed E-state index contributed by atoms with van der Waals surface area (Å²) in [6, 6.07) is 5.60. The highest BCUT2D eigenvalue weighted by Crippen LogP contribution is 2.37. The average molecular weight is 392 g/mol. The van der Waals surface area contributed by atoms with E-state index in [0.29, 0.717) is 43.4 Å². The second-order valence-electron chi connectivity index (χ2n) is 6.05. The van der Waals surface area contributed by atoms with E-state index in [4.69, 9.17) is 23.2 Å². The van der Waals surface area contributed by atoms with Gasteiger partial charge in [0.15, 0.2) is 5.16 Å². The van der Waals surface area contributed by atoms with Crippen molar-refractivity contribution < 1.29 is 0 Å². The molecule has 128 valence electrons. The zero-order valence-corrected chi connectivity index (χ0v) is 15.8. The topological polar surface area (TPSA) is 47.8 Å². The molecule has 1 aliphatic carbocycles. The van der Waals surface area contributed by atoms with Gasteiger partial charge >= 0.3 is 0 Å². The van der Waals surface area contributed by atoms with Crippen LogP contribution in [-0.2, 0) is 0 Å². The number of fused-ring (bicyclic) bond motifs is 1. The number of hydrogen-bond acceptors (Lipinski definition) is 4. The lowest BCUT2D eigenvalue weighted by atomic mass is 9.92. The molecule has 0 saturated heterocycles. The minimum absolute atomic E-state index is 0.145. The normalized spacial score (nSPS) is 14.7. The Morgan fingerprint density at radius 3 is 2.56 bits per heavy atom. The van der Waals surface area contributed by atoms with Crippen LogP contribution in [0.5, 0.6) is 0 Å². The fourth-order valence-electron chi connectivity index (χ4n) is 3.09. The summed E-state index contributed by atoms with van der Waals surface area (Å²) in [4.78, 5) is 22.0. The van der Waals surface area contributed by atoms with Crippen LogP contribution >= 0.6 is 35.0 Å². The number of halogens is 2. The van der Waals surface area contributed by atoms with Gasteiger partial charge in [0.05, 0.1) is 15.4 Å². The molecule has 0 bridgehead atoms.